The number of fused-ring (bicyclic) bond motifs is 6. The van der Waals surface area contributed by atoms with Gasteiger partial charge in [0.15, 0.2) is 0 Å². The van der Waals surface area contributed by atoms with Gasteiger partial charge in [0.25, 0.3) is 6.71 Å². The van der Waals surface area contributed by atoms with Crippen LogP contribution in [0.4, 0.5) is 34.1 Å². The van der Waals surface area contributed by atoms with Crippen molar-refractivity contribution < 1.29 is 0 Å². The molecule has 5 aromatic carbocycles. The summed E-state index contributed by atoms with van der Waals surface area (Å²) in [5, 5.41) is 0. The van der Waals surface area contributed by atoms with Crippen molar-refractivity contribution >= 4 is 57.2 Å². The van der Waals surface area contributed by atoms with Gasteiger partial charge in [0.1, 0.15) is 0 Å². The Labute approximate surface area is 287 Å². The van der Waals surface area contributed by atoms with E-state index in [0.29, 0.717) is 6.71 Å². The van der Waals surface area contributed by atoms with Crippen LogP contribution in [-0.4, -0.2) is 6.71 Å². The molecule has 0 aliphatic carbocycles. The maximum atomic E-state index is 2.60. The highest BCUT2D eigenvalue weighted by Crippen LogP contribution is 2.51. The highest BCUT2D eigenvalue weighted by atomic mass is 15.2. The van der Waals surface area contributed by atoms with E-state index in [1.165, 1.54) is 73.0 Å². The summed E-state index contributed by atoms with van der Waals surface area (Å²) in [5.74, 6) is 0. The lowest BCUT2D eigenvalue weighted by Crippen LogP contribution is -2.65. The number of rotatable bonds is 0. The lowest BCUT2D eigenvalue weighted by molar-refractivity contribution is 1.05. The molecule has 246 valence electrons. The number of para-hydroxylation sites is 2. The molecule has 0 radical (unpaired) electrons. The minimum Gasteiger partial charge on any atom is -0.311 e. The Morgan fingerprint density at radius 3 is 1.13 bits per heavy atom. The normalized spacial score (nSPS) is 12.6. The van der Waals surface area contributed by atoms with E-state index in [-0.39, 0.29) is 22.3 Å². The molecule has 0 aromatic heterocycles. The van der Waals surface area contributed by atoms with Crippen molar-refractivity contribution in [2.75, 3.05) is 9.80 Å². The van der Waals surface area contributed by atoms with Gasteiger partial charge in [0.05, 0.1) is 0 Å². The maximum absolute atomic E-state index is 2.60. The van der Waals surface area contributed by atoms with E-state index in [0.717, 1.165) is 19.3 Å². The van der Waals surface area contributed by atoms with Gasteiger partial charge in [-0.05, 0) is 80.5 Å². The third kappa shape index (κ3) is 5.10. The fourth-order valence-electron chi connectivity index (χ4n) is 7.93. The number of hydrogen-bond donors (Lipinski definition) is 0. The molecule has 5 aliphatic heterocycles. The van der Waals surface area contributed by atoms with Gasteiger partial charge in [-0.25, -0.2) is 0 Å². The van der Waals surface area contributed by atoms with Crippen molar-refractivity contribution in [1.82, 2.24) is 0 Å². The monoisotopic (exact) mass is 624 g/mol. The number of benzene rings is 5. The molecule has 5 heterocycles. The molecule has 2 nitrogen and oxygen atoms in total. The lowest BCUT2D eigenvalue weighted by Gasteiger charge is -2.50. The van der Waals surface area contributed by atoms with Gasteiger partial charge in [0, 0.05) is 47.0 Å². The van der Waals surface area contributed by atoms with E-state index in [9.17, 15) is 0 Å². The first-order valence-electron chi connectivity index (χ1n) is 17.0. The lowest BCUT2D eigenvalue weighted by atomic mass is 9.30. The van der Waals surface area contributed by atoms with Gasteiger partial charge in [-0.3, -0.25) is 0 Å². The minimum atomic E-state index is 0. The standard InChI is InChI=1S/C33H21BN2.4C2H6.3CH4/c1-3-8-25-19(6-1)16-23-14-12-21-18-22-13-15-24-17-20-7-2-4-9-26(20)36-28-11-5-10-27-31(28)34(30(22)33(24)36)29(21)32(23)35(25)27;4*1-2;;;/h1-15H,16-18H2;4*1-2H3;3*1H4. The van der Waals surface area contributed by atoms with E-state index in [2.05, 4.69) is 101 Å². The number of hydrogen-bond acceptors (Lipinski definition) is 2. The Morgan fingerprint density at radius 2 is 0.702 bits per heavy atom. The van der Waals surface area contributed by atoms with Crippen LogP contribution in [0.25, 0.3) is 0 Å². The Kier molecular flexibility index (Phi) is 12.0. The van der Waals surface area contributed by atoms with Crippen molar-refractivity contribution in [3.8, 4) is 0 Å². The van der Waals surface area contributed by atoms with Crippen LogP contribution in [0.1, 0.15) is 111 Å². The van der Waals surface area contributed by atoms with Crippen LogP contribution in [0, 0.1) is 0 Å². The molecular weight excluding hydrogens is 567 g/mol. The average Bonchev–Trinajstić information content (AvgIpc) is 3.12. The first kappa shape index (κ1) is 37.2. The predicted octanol–water partition coefficient (Wildman–Crippen LogP) is 11.5. The summed E-state index contributed by atoms with van der Waals surface area (Å²) in [7, 11) is 0. The minimum absolute atomic E-state index is 0. The Bertz CT molecular complexity index is 1720. The fourth-order valence-corrected chi connectivity index (χ4v) is 7.93. The van der Waals surface area contributed by atoms with Gasteiger partial charge >= 0.3 is 0 Å². The first-order valence-corrected chi connectivity index (χ1v) is 17.0. The van der Waals surface area contributed by atoms with Gasteiger partial charge in [-0.15, -0.1) is 0 Å². The second-order valence-electron chi connectivity index (χ2n) is 10.9. The summed E-state index contributed by atoms with van der Waals surface area (Å²) >= 11 is 0. The van der Waals surface area contributed by atoms with Crippen LogP contribution in [0.2, 0.25) is 0 Å². The summed E-state index contributed by atoms with van der Waals surface area (Å²) in [6, 6.07) is 34.7. The predicted molar refractivity (Wildman–Crippen MR) is 214 cm³/mol. The topological polar surface area (TPSA) is 6.48 Å². The molecule has 0 spiro atoms. The summed E-state index contributed by atoms with van der Waals surface area (Å²) in [6.07, 6.45) is 3.04. The first-order chi connectivity index (χ1) is 21.9. The molecule has 0 saturated heterocycles. The van der Waals surface area contributed by atoms with Gasteiger partial charge in [-0.1, -0.05) is 144 Å². The quantitative estimate of drug-likeness (QED) is 0.155. The third-order valence-corrected chi connectivity index (χ3v) is 9.24. The second-order valence-corrected chi connectivity index (χ2v) is 10.9. The van der Waals surface area contributed by atoms with E-state index in [4.69, 9.17) is 0 Å². The van der Waals surface area contributed by atoms with Crippen LogP contribution < -0.4 is 26.2 Å². The highest BCUT2D eigenvalue weighted by molar-refractivity contribution is 7.01. The molecule has 0 amide bonds. The second kappa shape index (κ2) is 15.1. The molecule has 5 aliphatic rings. The number of anilines is 6. The van der Waals surface area contributed by atoms with Crippen molar-refractivity contribution in [3.05, 3.63) is 124 Å². The Balaban J connectivity index is 0.000000512. The molecule has 0 unspecified atom stereocenters. The van der Waals surface area contributed by atoms with Crippen molar-refractivity contribution in [2.45, 2.75) is 96.9 Å². The summed E-state index contributed by atoms with van der Waals surface area (Å²) < 4.78 is 0. The van der Waals surface area contributed by atoms with E-state index < -0.39 is 0 Å². The van der Waals surface area contributed by atoms with Gasteiger partial charge in [-0.2, -0.15) is 0 Å². The highest BCUT2D eigenvalue weighted by Gasteiger charge is 2.49. The van der Waals surface area contributed by atoms with Crippen molar-refractivity contribution in [1.29, 1.82) is 0 Å². The van der Waals surface area contributed by atoms with Crippen molar-refractivity contribution in [2.24, 2.45) is 0 Å². The summed E-state index contributed by atoms with van der Waals surface area (Å²) in [6.45, 7) is 16.3. The van der Waals surface area contributed by atoms with Crippen LogP contribution in [-0.2, 0) is 19.3 Å². The molecular formula is C44H57BN2. The maximum Gasteiger partial charge on any atom is 0.252 e. The zero-order chi connectivity index (χ0) is 31.1. The molecule has 0 bridgehead atoms. The molecule has 0 fully saturated rings. The molecule has 47 heavy (non-hydrogen) atoms. The third-order valence-electron chi connectivity index (χ3n) is 9.24. The zero-order valence-corrected chi connectivity index (χ0v) is 27.8. The van der Waals surface area contributed by atoms with Crippen LogP contribution >= 0.6 is 0 Å². The Hall–Kier alpha value is -4.24. The Morgan fingerprint density at radius 1 is 0.362 bits per heavy atom. The number of nitrogens with zero attached hydrogens (tertiary/aromatic N) is 2. The fraction of sp³-hybridized carbons (Fsp3) is 0.318. The largest absolute Gasteiger partial charge is 0.311 e. The van der Waals surface area contributed by atoms with Crippen LogP contribution in [0.15, 0.2) is 91.0 Å². The summed E-state index contributed by atoms with van der Waals surface area (Å²) in [5.41, 5.74) is 21.6. The molecule has 0 saturated carbocycles. The van der Waals surface area contributed by atoms with E-state index in [1.54, 1.807) is 10.9 Å². The average molecular weight is 625 g/mol. The SMILES string of the molecule is C.C.C.CC.CC.CC.CC.c1ccc2c(c1)Cc1ccc3c4c1N2c1cccc2c1B4c1c(ccc4c1N2c1ccccc1C4)C3. The van der Waals surface area contributed by atoms with Crippen LogP contribution in [0.3, 0.4) is 0 Å². The van der Waals surface area contributed by atoms with Gasteiger partial charge < -0.3 is 9.80 Å². The molecule has 10 rings (SSSR count). The molecule has 0 atom stereocenters. The molecule has 5 aromatic rings. The van der Waals surface area contributed by atoms with Gasteiger partial charge in [0.2, 0.25) is 0 Å². The summed E-state index contributed by atoms with van der Waals surface area (Å²) in [4.78, 5) is 5.19. The smallest absolute Gasteiger partial charge is 0.252 e. The van der Waals surface area contributed by atoms with E-state index in [1.807, 2.05) is 55.4 Å². The molecule has 0 N–H and O–H groups in total. The zero-order valence-electron chi connectivity index (χ0n) is 27.8. The van der Waals surface area contributed by atoms with Crippen LogP contribution in [0.5, 0.6) is 0 Å². The van der Waals surface area contributed by atoms with E-state index >= 15 is 0 Å². The van der Waals surface area contributed by atoms with Crippen molar-refractivity contribution in [3.63, 3.8) is 0 Å². The molecule has 3 heteroatoms.